The van der Waals surface area contributed by atoms with Gasteiger partial charge in [-0.2, -0.15) is 0 Å². The van der Waals surface area contributed by atoms with Gasteiger partial charge in [-0.1, -0.05) is 41.6 Å². The minimum absolute atomic E-state index is 0.0906. The van der Waals surface area contributed by atoms with Crippen molar-refractivity contribution < 1.29 is 9.94 Å². The molecule has 3 aromatic rings. The summed E-state index contributed by atoms with van der Waals surface area (Å²) in [5.41, 5.74) is 4.55. The molecule has 0 saturated carbocycles. The Labute approximate surface area is 175 Å². The molecule has 30 heavy (non-hydrogen) atoms. The highest BCUT2D eigenvalue weighted by Crippen LogP contribution is 2.35. The van der Waals surface area contributed by atoms with Gasteiger partial charge in [-0.3, -0.25) is 4.90 Å². The molecule has 7 heteroatoms. The normalized spacial score (nSPS) is 18.7. The molecular formula is C23H25N5O2. The van der Waals surface area contributed by atoms with Crippen LogP contribution in [0.5, 0.6) is 5.88 Å². The number of oxime groups is 1. The van der Waals surface area contributed by atoms with Crippen molar-refractivity contribution in [3.63, 3.8) is 0 Å². The molecule has 154 valence electrons. The van der Waals surface area contributed by atoms with E-state index < -0.39 is 0 Å². The number of aromatic amines is 1. The van der Waals surface area contributed by atoms with Crippen LogP contribution in [0.1, 0.15) is 11.1 Å². The van der Waals surface area contributed by atoms with E-state index in [1.807, 2.05) is 48.5 Å². The minimum atomic E-state index is 0.0906. The maximum Gasteiger partial charge on any atom is 0.199 e. The predicted octanol–water partition coefficient (Wildman–Crippen LogP) is 2.98. The Kier molecular flexibility index (Phi) is 4.98. The number of benzene rings is 2. The summed E-state index contributed by atoms with van der Waals surface area (Å²) in [6.45, 7) is 5.63. The van der Waals surface area contributed by atoms with Crippen molar-refractivity contribution in [3.05, 3.63) is 59.7 Å². The number of aromatic hydroxyl groups is 1. The largest absolute Gasteiger partial charge is 0.494 e. The molecule has 5 rings (SSSR count). The smallest absolute Gasteiger partial charge is 0.199 e. The van der Waals surface area contributed by atoms with Crippen molar-refractivity contribution in [1.29, 1.82) is 0 Å². The second-order valence-electron chi connectivity index (χ2n) is 7.79. The molecule has 1 saturated heterocycles. The molecule has 3 heterocycles. The van der Waals surface area contributed by atoms with Crippen LogP contribution in [0.25, 0.3) is 10.9 Å². The highest BCUT2D eigenvalue weighted by molar-refractivity contribution is 6.58. The quantitative estimate of drug-likeness (QED) is 0.507. The Bertz CT molecular complexity index is 1130. The molecule has 7 nitrogen and oxygen atoms in total. The van der Waals surface area contributed by atoms with E-state index in [4.69, 9.17) is 9.83 Å². The fourth-order valence-corrected chi connectivity index (χ4v) is 4.06. The molecule has 0 amide bonds. The van der Waals surface area contributed by atoms with Gasteiger partial charge in [-0.15, -0.1) is 0 Å². The van der Waals surface area contributed by atoms with E-state index in [0.29, 0.717) is 23.6 Å². The number of aromatic nitrogens is 1. The van der Waals surface area contributed by atoms with Gasteiger partial charge >= 0.3 is 0 Å². The molecule has 0 unspecified atom stereocenters. The summed E-state index contributed by atoms with van der Waals surface area (Å²) in [5.74, 6) is 0.0906. The standard InChI is InChI=1S/C23H25N5O2/c1-27-10-12-28(13-11-27)14-15-30-26-21-17-7-3-5-9-19(17)24-22(21)20-16-6-2-4-8-18(16)25-23(20)29/h2-9,25,29H,10-15H2,1H3/b26-21+. The molecule has 0 radical (unpaired) electrons. The summed E-state index contributed by atoms with van der Waals surface area (Å²) >= 11 is 0. The average molecular weight is 403 g/mol. The monoisotopic (exact) mass is 403 g/mol. The number of para-hydroxylation sites is 2. The van der Waals surface area contributed by atoms with Crippen LogP contribution in [-0.4, -0.2) is 77.7 Å². The van der Waals surface area contributed by atoms with Crippen LogP contribution in [0, 0.1) is 0 Å². The first-order valence-corrected chi connectivity index (χ1v) is 10.3. The Hall–Kier alpha value is -3.16. The lowest BCUT2D eigenvalue weighted by Gasteiger charge is -2.31. The summed E-state index contributed by atoms with van der Waals surface area (Å²) in [6, 6.07) is 15.6. The zero-order valence-electron chi connectivity index (χ0n) is 17.0. The first-order valence-electron chi connectivity index (χ1n) is 10.3. The number of nitrogens with one attached hydrogen (secondary N) is 1. The Morgan fingerprint density at radius 3 is 2.70 bits per heavy atom. The highest BCUT2D eigenvalue weighted by Gasteiger charge is 2.29. The van der Waals surface area contributed by atoms with Crippen LogP contribution < -0.4 is 0 Å². The fraction of sp³-hybridized carbons (Fsp3) is 0.304. The zero-order valence-corrected chi connectivity index (χ0v) is 17.0. The molecule has 0 aliphatic carbocycles. The van der Waals surface area contributed by atoms with E-state index in [2.05, 4.69) is 27.0 Å². The van der Waals surface area contributed by atoms with Crippen molar-refractivity contribution in [1.82, 2.24) is 14.8 Å². The number of piperazine rings is 1. The van der Waals surface area contributed by atoms with E-state index in [9.17, 15) is 5.11 Å². The lowest BCUT2D eigenvalue weighted by Crippen LogP contribution is -2.45. The van der Waals surface area contributed by atoms with Gasteiger partial charge in [0, 0.05) is 49.2 Å². The Morgan fingerprint density at radius 2 is 1.83 bits per heavy atom. The molecule has 0 atom stereocenters. The van der Waals surface area contributed by atoms with Gasteiger partial charge in [-0.05, 0) is 19.2 Å². The van der Waals surface area contributed by atoms with Crippen LogP contribution in [0.2, 0.25) is 0 Å². The number of aliphatic imine (C=N–C) groups is 1. The van der Waals surface area contributed by atoms with Gasteiger partial charge in [0.05, 0.1) is 11.3 Å². The lowest BCUT2D eigenvalue weighted by atomic mass is 10.0. The van der Waals surface area contributed by atoms with Gasteiger partial charge in [0.1, 0.15) is 18.0 Å². The SMILES string of the molecule is CN1CCN(CCO/N=C2/C(c3c(O)[nH]c4ccccc34)=Nc3ccccc32)CC1. The number of likely N-dealkylation sites (N-methyl/N-ethyl adjacent to an activating group) is 1. The van der Waals surface area contributed by atoms with Crippen molar-refractivity contribution in [2.24, 2.45) is 10.1 Å². The molecule has 2 aromatic carbocycles. The number of H-pyrrole nitrogens is 1. The van der Waals surface area contributed by atoms with Crippen LogP contribution in [-0.2, 0) is 4.84 Å². The van der Waals surface area contributed by atoms with E-state index in [1.165, 1.54) is 0 Å². The van der Waals surface area contributed by atoms with Crippen molar-refractivity contribution in [2.45, 2.75) is 0 Å². The van der Waals surface area contributed by atoms with Crippen LogP contribution in [0.15, 0.2) is 58.7 Å². The molecule has 1 fully saturated rings. The van der Waals surface area contributed by atoms with Crippen LogP contribution in [0.4, 0.5) is 5.69 Å². The first kappa shape index (κ1) is 18.8. The number of rotatable bonds is 5. The van der Waals surface area contributed by atoms with Gasteiger partial charge < -0.3 is 19.8 Å². The van der Waals surface area contributed by atoms with Crippen molar-refractivity contribution >= 4 is 28.0 Å². The van der Waals surface area contributed by atoms with Crippen LogP contribution >= 0.6 is 0 Å². The molecule has 2 aliphatic heterocycles. The number of nitrogens with zero attached hydrogens (tertiary/aromatic N) is 4. The van der Waals surface area contributed by atoms with E-state index in [1.54, 1.807) is 0 Å². The Morgan fingerprint density at radius 1 is 1.07 bits per heavy atom. The summed E-state index contributed by atoms with van der Waals surface area (Å²) in [6.07, 6.45) is 0. The Balaban J connectivity index is 1.41. The average Bonchev–Trinajstić information content (AvgIpc) is 3.28. The zero-order chi connectivity index (χ0) is 20.5. The van der Waals surface area contributed by atoms with E-state index in [0.717, 1.165) is 54.9 Å². The van der Waals surface area contributed by atoms with Crippen molar-refractivity contribution in [2.75, 3.05) is 46.4 Å². The molecule has 2 N–H and O–H groups in total. The predicted molar refractivity (Wildman–Crippen MR) is 119 cm³/mol. The molecule has 2 aliphatic rings. The van der Waals surface area contributed by atoms with Crippen molar-refractivity contribution in [3.8, 4) is 5.88 Å². The number of hydrogen-bond acceptors (Lipinski definition) is 6. The summed E-state index contributed by atoms with van der Waals surface area (Å²) in [7, 11) is 2.15. The molecular weight excluding hydrogens is 378 g/mol. The van der Waals surface area contributed by atoms with Gasteiger partial charge in [0.15, 0.2) is 5.88 Å². The second kappa shape index (κ2) is 7.93. The molecule has 0 bridgehead atoms. The van der Waals surface area contributed by atoms with E-state index >= 15 is 0 Å². The third kappa shape index (κ3) is 3.46. The summed E-state index contributed by atoms with van der Waals surface area (Å²) < 4.78 is 0. The van der Waals surface area contributed by atoms with Gasteiger partial charge in [0.25, 0.3) is 0 Å². The second-order valence-corrected chi connectivity index (χ2v) is 7.79. The van der Waals surface area contributed by atoms with Gasteiger partial charge in [-0.25, -0.2) is 4.99 Å². The molecule has 0 spiro atoms. The molecule has 1 aromatic heterocycles. The number of fused-ring (bicyclic) bond motifs is 2. The highest BCUT2D eigenvalue weighted by atomic mass is 16.6. The maximum absolute atomic E-state index is 10.6. The number of hydrogen-bond donors (Lipinski definition) is 2. The maximum atomic E-state index is 10.6. The lowest BCUT2D eigenvalue weighted by molar-refractivity contribution is 0.0864. The van der Waals surface area contributed by atoms with Gasteiger partial charge in [0.2, 0.25) is 0 Å². The van der Waals surface area contributed by atoms with Crippen LogP contribution in [0.3, 0.4) is 0 Å². The van der Waals surface area contributed by atoms with E-state index in [-0.39, 0.29) is 5.88 Å². The first-order chi connectivity index (χ1) is 14.7. The third-order valence-corrected chi connectivity index (χ3v) is 5.79. The minimum Gasteiger partial charge on any atom is -0.494 e. The topological polar surface area (TPSA) is 76.5 Å². The summed E-state index contributed by atoms with van der Waals surface area (Å²) in [4.78, 5) is 18.3. The summed E-state index contributed by atoms with van der Waals surface area (Å²) in [5, 5.41) is 16.0. The third-order valence-electron chi connectivity index (χ3n) is 5.79. The fourth-order valence-electron chi connectivity index (χ4n) is 4.06.